The van der Waals surface area contributed by atoms with Gasteiger partial charge in [0.25, 0.3) is 0 Å². The molecule has 3 rings (SSSR count). The number of fused-ring (bicyclic) bond motifs is 1. The van der Waals surface area contributed by atoms with Crippen molar-refractivity contribution < 1.29 is 9.59 Å². The van der Waals surface area contributed by atoms with Gasteiger partial charge in [-0.25, -0.2) is 0 Å². The molecule has 0 radical (unpaired) electrons. The maximum absolute atomic E-state index is 13.7. The molecular formula is C28H39N3O2. The van der Waals surface area contributed by atoms with Crippen molar-refractivity contribution in [3.63, 3.8) is 0 Å². The molecule has 0 bridgehead atoms. The second-order valence-corrected chi connectivity index (χ2v) is 9.12. The van der Waals surface area contributed by atoms with Gasteiger partial charge in [0.1, 0.15) is 5.92 Å². The highest BCUT2D eigenvalue weighted by Gasteiger charge is 2.39. The van der Waals surface area contributed by atoms with Gasteiger partial charge < -0.3 is 9.80 Å². The van der Waals surface area contributed by atoms with Crippen molar-refractivity contribution in [2.45, 2.75) is 78.2 Å². The van der Waals surface area contributed by atoms with Gasteiger partial charge in [-0.1, -0.05) is 76.6 Å². The van der Waals surface area contributed by atoms with E-state index in [1.54, 1.807) is 17.3 Å². The molecule has 0 aliphatic carbocycles. The third-order valence-corrected chi connectivity index (χ3v) is 6.51. The first-order valence-corrected chi connectivity index (χ1v) is 12.7. The Morgan fingerprint density at radius 2 is 1.67 bits per heavy atom. The Bertz CT molecular complexity index is 872. The molecule has 0 spiro atoms. The average Bonchev–Trinajstić information content (AvgIpc) is 2.85. The molecule has 2 amide bonds. The van der Waals surface area contributed by atoms with Crippen LogP contribution in [-0.2, 0) is 22.6 Å². The Kier molecular flexibility index (Phi) is 9.92. The molecule has 1 unspecified atom stereocenters. The first-order chi connectivity index (χ1) is 16.2. The summed E-state index contributed by atoms with van der Waals surface area (Å²) in [4.78, 5) is 35.3. The molecule has 0 saturated heterocycles. The van der Waals surface area contributed by atoms with Gasteiger partial charge in [-0.3, -0.25) is 14.6 Å². The summed E-state index contributed by atoms with van der Waals surface area (Å²) in [6, 6.07) is 11.8. The number of anilines is 1. The molecule has 5 nitrogen and oxygen atoms in total. The van der Waals surface area contributed by atoms with Crippen LogP contribution in [0.1, 0.15) is 76.3 Å². The Labute approximate surface area is 199 Å². The minimum atomic E-state index is -0.645. The van der Waals surface area contributed by atoms with E-state index in [0.717, 1.165) is 55.6 Å². The summed E-state index contributed by atoms with van der Waals surface area (Å²) in [5.41, 5.74) is 2.94. The van der Waals surface area contributed by atoms with Crippen LogP contribution in [0.2, 0.25) is 0 Å². The van der Waals surface area contributed by atoms with Crippen molar-refractivity contribution in [3.05, 3.63) is 59.9 Å². The number of aromatic nitrogens is 1. The largest absolute Gasteiger partial charge is 0.342 e. The molecule has 33 heavy (non-hydrogen) atoms. The molecule has 178 valence electrons. The minimum Gasteiger partial charge on any atom is -0.342 e. The van der Waals surface area contributed by atoms with Crippen LogP contribution in [0, 0.1) is 5.92 Å². The van der Waals surface area contributed by atoms with Crippen molar-refractivity contribution in [3.8, 4) is 0 Å². The monoisotopic (exact) mass is 449 g/mol. The molecule has 2 heterocycles. The Morgan fingerprint density at radius 3 is 2.30 bits per heavy atom. The molecule has 0 fully saturated rings. The lowest BCUT2D eigenvalue weighted by atomic mass is 9.90. The van der Waals surface area contributed by atoms with Gasteiger partial charge in [0.05, 0.1) is 6.54 Å². The van der Waals surface area contributed by atoms with Gasteiger partial charge in [-0.05, 0) is 42.5 Å². The Hall–Kier alpha value is -2.69. The second-order valence-electron chi connectivity index (χ2n) is 9.12. The van der Waals surface area contributed by atoms with Crippen LogP contribution >= 0.6 is 0 Å². The Balaban J connectivity index is 1.79. The van der Waals surface area contributed by atoms with E-state index in [4.69, 9.17) is 0 Å². The standard InChI is InChI=1S/C28H39N3O2/c1-3-5-7-11-18-30(19-12-8-6-4-2)27(32)25-20-24-15-9-10-16-26(24)31(28(25)33)22-23-14-13-17-29-21-23/h9-10,13-17,21,25H,3-8,11-12,18-20,22H2,1-2H3. The number of rotatable bonds is 13. The molecule has 1 atom stereocenters. The van der Waals surface area contributed by atoms with Crippen LogP contribution < -0.4 is 4.90 Å². The predicted octanol–water partition coefficient (Wildman–Crippen LogP) is 5.78. The molecule has 1 aromatic heterocycles. The van der Waals surface area contributed by atoms with Gasteiger partial charge in [0, 0.05) is 31.2 Å². The molecule has 1 aliphatic rings. The van der Waals surface area contributed by atoms with E-state index in [2.05, 4.69) is 18.8 Å². The van der Waals surface area contributed by atoms with Crippen LogP contribution in [-0.4, -0.2) is 34.8 Å². The SMILES string of the molecule is CCCCCCN(CCCCCC)C(=O)C1Cc2ccccc2N(Cc2cccnc2)C1=O. The first kappa shape index (κ1) is 24.9. The highest BCUT2D eigenvalue weighted by atomic mass is 16.2. The van der Waals surface area contributed by atoms with Crippen LogP contribution in [0.15, 0.2) is 48.8 Å². The quantitative estimate of drug-likeness (QED) is 0.288. The summed E-state index contributed by atoms with van der Waals surface area (Å²) in [6.07, 6.45) is 13.0. The fourth-order valence-electron chi connectivity index (χ4n) is 4.60. The number of carbonyl (C=O) groups excluding carboxylic acids is 2. The number of para-hydroxylation sites is 1. The number of nitrogens with zero attached hydrogens (tertiary/aromatic N) is 3. The Morgan fingerprint density at radius 1 is 0.970 bits per heavy atom. The van der Waals surface area contributed by atoms with E-state index in [1.807, 2.05) is 41.3 Å². The van der Waals surface area contributed by atoms with E-state index in [-0.39, 0.29) is 11.8 Å². The summed E-state index contributed by atoms with van der Waals surface area (Å²) in [6.45, 7) is 6.32. The maximum atomic E-state index is 13.7. The zero-order valence-electron chi connectivity index (χ0n) is 20.3. The van der Waals surface area contributed by atoms with E-state index >= 15 is 0 Å². The van der Waals surface area contributed by atoms with E-state index in [1.165, 1.54) is 25.7 Å². The van der Waals surface area contributed by atoms with E-state index in [0.29, 0.717) is 13.0 Å². The smallest absolute Gasteiger partial charge is 0.240 e. The van der Waals surface area contributed by atoms with Crippen LogP contribution in [0.5, 0.6) is 0 Å². The maximum Gasteiger partial charge on any atom is 0.240 e. The number of hydrogen-bond donors (Lipinski definition) is 0. The minimum absolute atomic E-state index is 0.00122. The summed E-state index contributed by atoms with van der Waals surface area (Å²) < 4.78 is 0. The summed E-state index contributed by atoms with van der Waals surface area (Å²) in [5, 5.41) is 0. The van der Waals surface area contributed by atoms with Gasteiger partial charge in [0.2, 0.25) is 11.8 Å². The van der Waals surface area contributed by atoms with Crippen LogP contribution in [0.3, 0.4) is 0 Å². The highest BCUT2D eigenvalue weighted by molar-refractivity contribution is 6.09. The number of unbranched alkanes of at least 4 members (excludes halogenated alkanes) is 6. The molecular weight excluding hydrogens is 410 g/mol. The van der Waals surface area contributed by atoms with Crippen molar-refractivity contribution in [2.75, 3.05) is 18.0 Å². The van der Waals surface area contributed by atoms with Crippen molar-refractivity contribution in [2.24, 2.45) is 5.92 Å². The number of hydrogen-bond acceptors (Lipinski definition) is 3. The van der Waals surface area contributed by atoms with Crippen LogP contribution in [0.4, 0.5) is 5.69 Å². The van der Waals surface area contributed by atoms with Gasteiger partial charge in [0.15, 0.2) is 0 Å². The van der Waals surface area contributed by atoms with Crippen molar-refractivity contribution >= 4 is 17.5 Å². The summed E-state index contributed by atoms with van der Waals surface area (Å²) in [5.74, 6) is -0.734. The number of pyridine rings is 1. The highest BCUT2D eigenvalue weighted by Crippen LogP contribution is 2.32. The predicted molar refractivity (Wildman–Crippen MR) is 134 cm³/mol. The van der Waals surface area contributed by atoms with Crippen molar-refractivity contribution in [1.82, 2.24) is 9.88 Å². The normalized spacial score (nSPS) is 15.4. The zero-order chi connectivity index (χ0) is 23.5. The van der Waals surface area contributed by atoms with E-state index in [9.17, 15) is 9.59 Å². The summed E-state index contributed by atoms with van der Waals surface area (Å²) in [7, 11) is 0. The zero-order valence-corrected chi connectivity index (χ0v) is 20.3. The van der Waals surface area contributed by atoms with Crippen molar-refractivity contribution in [1.29, 1.82) is 0 Å². The third kappa shape index (κ3) is 6.89. The van der Waals surface area contributed by atoms with Crippen LogP contribution in [0.25, 0.3) is 0 Å². The van der Waals surface area contributed by atoms with Gasteiger partial charge >= 0.3 is 0 Å². The van der Waals surface area contributed by atoms with Gasteiger partial charge in [-0.15, -0.1) is 0 Å². The van der Waals surface area contributed by atoms with E-state index < -0.39 is 5.92 Å². The number of benzene rings is 1. The molecule has 1 aromatic carbocycles. The van der Waals surface area contributed by atoms with Gasteiger partial charge in [-0.2, -0.15) is 0 Å². The molecule has 0 N–H and O–H groups in total. The molecule has 1 aliphatic heterocycles. The second kappa shape index (κ2) is 13.1. The fraction of sp³-hybridized carbons (Fsp3) is 0.536. The fourth-order valence-corrected chi connectivity index (χ4v) is 4.60. The molecule has 5 heteroatoms. The lowest BCUT2D eigenvalue weighted by molar-refractivity contribution is -0.141. The molecule has 0 saturated carbocycles. The molecule has 2 aromatic rings. The summed E-state index contributed by atoms with van der Waals surface area (Å²) >= 11 is 0. The first-order valence-electron chi connectivity index (χ1n) is 12.7. The lowest BCUT2D eigenvalue weighted by Crippen LogP contribution is -2.49. The average molecular weight is 450 g/mol. The lowest BCUT2D eigenvalue weighted by Gasteiger charge is -2.36. The number of carbonyl (C=O) groups is 2. The topological polar surface area (TPSA) is 53.5 Å². The number of amides is 2. The third-order valence-electron chi connectivity index (χ3n) is 6.51.